The molecule has 0 radical (unpaired) electrons. The summed E-state index contributed by atoms with van der Waals surface area (Å²) in [4.78, 5) is 23.4. The van der Waals surface area contributed by atoms with Crippen LogP contribution in [0.25, 0.3) is 0 Å². The molecule has 0 saturated heterocycles. The number of hydrogen-bond acceptors (Lipinski definition) is 4. The highest BCUT2D eigenvalue weighted by atomic mass is 19.1. The molecule has 23 heavy (non-hydrogen) atoms. The standard InChI is InChI=1S/C17H16FNO4/c1-11(23-15-9-5-13(18)6-10-15)16(20)19-14-7-3-12(4-8-14)17(21)22-2/h3-11H,1-2H3,(H,19,20)/t11-/m0/s1. The number of rotatable bonds is 5. The van der Waals surface area contributed by atoms with Gasteiger partial charge in [0.1, 0.15) is 11.6 Å². The first kappa shape index (κ1) is 16.5. The summed E-state index contributed by atoms with van der Waals surface area (Å²) >= 11 is 0. The number of nitrogens with one attached hydrogen (secondary N) is 1. The number of hydrogen-bond donors (Lipinski definition) is 1. The molecule has 6 heteroatoms. The summed E-state index contributed by atoms with van der Waals surface area (Å²) in [6.45, 7) is 1.58. The minimum atomic E-state index is -0.763. The summed E-state index contributed by atoms with van der Waals surface area (Å²) in [5.41, 5.74) is 0.915. The maximum Gasteiger partial charge on any atom is 0.337 e. The van der Waals surface area contributed by atoms with Crippen LogP contribution in [0.5, 0.6) is 5.75 Å². The zero-order chi connectivity index (χ0) is 16.8. The molecule has 2 aromatic rings. The molecule has 0 bridgehead atoms. The molecule has 120 valence electrons. The molecular weight excluding hydrogens is 301 g/mol. The summed E-state index contributed by atoms with van der Waals surface area (Å²) in [5, 5.41) is 2.67. The van der Waals surface area contributed by atoms with Crippen LogP contribution in [0.15, 0.2) is 48.5 Å². The summed E-state index contributed by atoms with van der Waals surface area (Å²) in [6.07, 6.45) is -0.763. The molecule has 1 N–H and O–H groups in total. The third-order valence-corrected chi connectivity index (χ3v) is 3.07. The quantitative estimate of drug-likeness (QED) is 0.861. The topological polar surface area (TPSA) is 64.6 Å². The van der Waals surface area contributed by atoms with Crippen LogP contribution in [-0.2, 0) is 9.53 Å². The van der Waals surface area contributed by atoms with Crippen molar-refractivity contribution in [3.63, 3.8) is 0 Å². The highest BCUT2D eigenvalue weighted by Crippen LogP contribution is 2.15. The van der Waals surface area contributed by atoms with Gasteiger partial charge in [0, 0.05) is 5.69 Å². The smallest absolute Gasteiger partial charge is 0.337 e. The second-order valence-electron chi connectivity index (χ2n) is 4.77. The number of benzene rings is 2. The van der Waals surface area contributed by atoms with E-state index in [-0.39, 0.29) is 11.7 Å². The van der Waals surface area contributed by atoms with Crippen molar-refractivity contribution in [2.75, 3.05) is 12.4 Å². The average Bonchev–Trinajstić information content (AvgIpc) is 2.56. The van der Waals surface area contributed by atoms with Crippen molar-refractivity contribution in [3.05, 3.63) is 59.9 Å². The van der Waals surface area contributed by atoms with Gasteiger partial charge >= 0.3 is 5.97 Å². The van der Waals surface area contributed by atoms with Gasteiger partial charge in [-0.05, 0) is 55.5 Å². The van der Waals surface area contributed by atoms with Crippen LogP contribution in [-0.4, -0.2) is 25.1 Å². The van der Waals surface area contributed by atoms with E-state index in [0.717, 1.165) is 0 Å². The first-order valence-electron chi connectivity index (χ1n) is 6.91. The van der Waals surface area contributed by atoms with Crippen LogP contribution >= 0.6 is 0 Å². The lowest BCUT2D eigenvalue weighted by molar-refractivity contribution is -0.122. The van der Waals surface area contributed by atoms with E-state index in [1.807, 2.05) is 0 Å². The molecule has 2 rings (SSSR count). The van der Waals surface area contributed by atoms with Gasteiger partial charge in [0.2, 0.25) is 0 Å². The summed E-state index contributed by atoms with van der Waals surface area (Å²) < 4.78 is 22.8. The molecule has 0 heterocycles. The lowest BCUT2D eigenvalue weighted by Gasteiger charge is -2.14. The van der Waals surface area contributed by atoms with Crippen LogP contribution in [0.1, 0.15) is 17.3 Å². The molecular formula is C17H16FNO4. The van der Waals surface area contributed by atoms with E-state index in [1.165, 1.54) is 31.4 Å². The SMILES string of the molecule is COC(=O)c1ccc(NC(=O)[C@H](C)Oc2ccc(F)cc2)cc1. The first-order chi connectivity index (χ1) is 11.0. The highest BCUT2D eigenvalue weighted by molar-refractivity contribution is 5.95. The van der Waals surface area contributed by atoms with Gasteiger partial charge in [-0.3, -0.25) is 4.79 Å². The van der Waals surface area contributed by atoms with Gasteiger partial charge in [0.15, 0.2) is 6.10 Å². The Labute approximate surface area is 133 Å². The molecule has 0 aliphatic heterocycles. The molecule has 2 aromatic carbocycles. The van der Waals surface area contributed by atoms with Gasteiger partial charge < -0.3 is 14.8 Å². The lowest BCUT2D eigenvalue weighted by atomic mass is 10.2. The molecule has 1 atom stereocenters. The van der Waals surface area contributed by atoms with Gasteiger partial charge in [-0.25, -0.2) is 9.18 Å². The number of ether oxygens (including phenoxy) is 2. The molecule has 0 aliphatic rings. The minimum Gasteiger partial charge on any atom is -0.481 e. The predicted molar refractivity (Wildman–Crippen MR) is 82.9 cm³/mol. The van der Waals surface area contributed by atoms with Crippen LogP contribution in [0.4, 0.5) is 10.1 Å². The Morgan fingerprint density at radius 2 is 1.65 bits per heavy atom. The Balaban J connectivity index is 1.95. The van der Waals surface area contributed by atoms with Gasteiger partial charge in [-0.2, -0.15) is 0 Å². The van der Waals surface area contributed by atoms with E-state index >= 15 is 0 Å². The third-order valence-electron chi connectivity index (χ3n) is 3.07. The Hall–Kier alpha value is -2.89. The zero-order valence-electron chi connectivity index (χ0n) is 12.7. The van der Waals surface area contributed by atoms with Crippen molar-refractivity contribution >= 4 is 17.6 Å². The van der Waals surface area contributed by atoms with E-state index in [9.17, 15) is 14.0 Å². The average molecular weight is 317 g/mol. The largest absolute Gasteiger partial charge is 0.481 e. The van der Waals surface area contributed by atoms with Gasteiger partial charge in [0.25, 0.3) is 5.91 Å². The van der Waals surface area contributed by atoms with Gasteiger partial charge in [0.05, 0.1) is 12.7 Å². The fourth-order valence-electron chi connectivity index (χ4n) is 1.82. The number of methoxy groups -OCH3 is 1. The van der Waals surface area contributed by atoms with E-state index in [1.54, 1.807) is 31.2 Å². The number of carbonyl (C=O) groups excluding carboxylic acids is 2. The number of halogens is 1. The monoisotopic (exact) mass is 317 g/mol. The van der Waals surface area contributed by atoms with Gasteiger partial charge in [-0.15, -0.1) is 0 Å². The first-order valence-corrected chi connectivity index (χ1v) is 6.91. The van der Waals surface area contributed by atoms with E-state index < -0.39 is 12.1 Å². The molecule has 0 aromatic heterocycles. The van der Waals surface area contributed by atoms with Crippen LogP contribution in [0, 0.1) is 5.82 Å². The molecule has 0 aliphatic carbocycles. The van der Waals surface area contributed by atoms with Gasteiger partial charge in [-0.1, -0.05) is 0 Å². The van der Waals surface area contributed by atoms with Crippen LogP contribution in [0.3, 0.4) is 0 Å². The maximum atomic E-state index is 12.8. The summed E-state index contributed by atoms with van der Waals surface area (Å²) in [7, 11) is 1.30. The Kier molecular flexibility index (Phi) is 5.30. The van der Waals surface area contributed by atoms with Crippen LogP contribution < -0.4 is 10.1 Å². The Morgan fingerprint density at radius 3 is 2.22 bits per heavy atom. The number of esters is 1. The molecule has 0 unspecified atom stereocenters. The van der Waals surface area contributed by atoms with Crippen molar-refractivity contribution in [1.82, 2.24) is 0 Å². The maximum absolute atomic E-state index is 12.8. The van der Waals surface area contributed by atoms with Crippen molar-refractivity contribution < 1.29 is 23.5 Å². The highest BCUT2D eigenvalue weighted by Gasteiger charge is 2.15. The Bertz CT molecular complexity index is 683. The molecule has 5 nitrogen and oxygen atoms in total. The fraction of sp³-hybridized carbons (Fsp3) is 0.176. The fourth-order valence-corrected chi connectivity index (χ4v) is 1.82. The second-order valence-corrected chi connectivity index (χ2v) is 4.77. The zero-order valence-corrected chi connectivity index (χ0v) is 12.7. The molecule has 1 amide bonds. The van der Waals surface area contributed by atoms with Crippen molar-refractivity contribution in [3.8, 4) is 5.75 Å². The number of anilines is 1. The Morgan fingerprint density at radius 1 is 1.04 bits per heavy atom. The van der Waals surface area contributed by atoms with E-state index in [0.29, 0.717) is 17.0 Å². The number of carbonyl (C=O) groups is 2. The van der Waals surface area contributed by atoms with E-state index in [4.69, 9.17) is 4.74 Å². The second kappa shape index (κ2) is 7.40. The molecule has 0 spiro atoms. The number of amides is 1. The minimum absolute atomic E-state index is 0.361. The van der Waals surface area contributed by atoms with Crippen LogP contribution in [0.2, 0.25) is 0 Å². The summed E-state index contributed by atoms with van der Waals surface area (Å²) in [6, 6.07) is 11.7. The van der Waals surface area contributed by atoms with Crippen molar-refractivity contribution in [2.45, 2.75) is 13.0 Å². The van der Waals surface area contributed by atoms with Crippen molar-refractivity contribution in [2.24, 2.45) is 0 Å². The van der Waals surface area contributed by atoms with Crippen molar-refractivity contribution in [1.29, 1.82) is 0 Å². The molecule has 0 fully saturated rings. The lowest BCUT2D eigenvalue weighted by Crippen LogP contribution is -2.30. The predicted octanol–water partition coefficient (Wildman–Crippen LogP) is 3.02. The molecule has 0 saturated carbocycles. The summed E-state index contributed by atoms with van der Waals surface area (Å²) in [5.74, 6) is -0.786. The third kappa shape index (κ3) is 4.54. The van der Waals surface area contributed by atoms with E-state index in [2.05, 4.69) is 10.1 Å². The normalized spacial score (nSPS) is 11.4.